The van der Waals surface area contributed by atoms with Crippen LogP contribution < -0.4 is 10.1 Å². The summed E-state index contributed by atoms with van der Waals surface area (Å²) in [6.07, 6.45) is 3.73. The van der Waals surface area contributed by atoms with Crippen LogP contribution in [-0.2, 0) is 4.79 Å². The lowest BCUT2D eigenvalue weighted by molar-refractivity contribution is -0.121. The highest BCUT2D eigenvalue weighted by Crippen LogP contribution is 2.17. The summed E-state index contributed by atoms with van der Waals surface area (Å²) in [6, 6.07) is 8.49. The molecule has 0 spiro atoms. The van der Waals surface area contributed by atoms with Crippen molar-refractivity contribution in [2.75, 3.05) is 26.2 Å². The van der Waals surface area contributed by atoms with E-state index < -0.39 is 0 Å². The highest BCUT2D eigenvalue weighted by molar-refractivity contribution is 5.75. The van der Waals surface area contributed by atoms with Crippen molar-refractivity contribution in [2.45, 2.75) is 45.6 Å². The second kappa shape index (κ2) is 8.79. The molecule has 0 aliphatic carbocycles. The van der Waals surface area contributed by atoms with Gasteiger partial charge in [0.25, 0.3) is 0 Å². The number of amides is 1. The number of likely N-dealkylation sites (N-methyl/N-ethyl adjacent to an activating group) is 1. The number of nitrogens with zero attached hydrogens (tertiary/aromatic N) is 1. The third-order valence-electron chi connectivity index (χ3n) is 4.34. The Kier molecular flexibility index (Phi) is 6.72. The number of rotatable bonds is 8. The highest BCUT2D eigenvalue weighted by atomic mass is 16.5. The normalized spacial score (nSPS) is 18.4. The molecular formula is C18H28N2O2. The number of carbonyl (C=O) groups excluding carboxylic acids is 1. The standard InChI is InChI=1S/C18H28N2O2/c1-3-20-12-6-9-16(20)14-19-18(21)11-7-13-22-17-10-5-4-8-15(17)2/h4-5,8,10,16H,3,6-7,9,11-14H2,1-2H3,(H,19,21). The molecule has 22 heavy (non-hydrogen) atoms. The molecule has 0 saturated carbocycles. The van der Waals surface area contributed by atoms with E-state index in [2.05, 4.69) is 17.1 Å². The maximum absolute atomic E-state index is 11.9. The average Bonchev–Trinajstić information content (AvgIpc) is 2.98. The first-order valence-corrected chi connectivity index (χ1v) is 8.40. The molecule has 1 aliphatic heterocycles. The maximum Gasteiger partial charge on any atom is 0.220 e. The number of benzene rings is 1. The predicted molar refractivity (Wildman–Crippen MR) is 89.2 cm³/mol. The van der Waals surface area contributed by atoms with Crippen molar-refractivity contribution in [3.8, 4) is 5.75 Å². The van der Waals surface area contributed by atoms with Gasteiger partial charge in [-0.15, -0.1) is 0 Å². The summed E-state index contributed by atoms with van der Waals surface area (Å²) in [5, 5.41) is 3.06. The summed E-state index contributed by atoms with van der Waals surface area (Å²) in [5.74, 6) is 1.05. The van der Waals surface area contributed by atoms with Crippen LogP contribution in [-0.4, -0.2) is 43.1 Å². The van der Waals surface area contributed by atoms with Crippen molar-refractivity contribution in [2.24, 2.45) is 0 Å². The summed E-state index contributed by atoms with van der Waals surface area (Å²) in [5.41, 5.74) is 1.13. The molecule has 4 heteroatoms. The van der Waals surface area contributed by atoms with Gasteiger partial charge < -0.3 is 10.1 Å². The largest absolute Gasteiger partial charge is 0.493 e. The molecule has 1 heterocycles. The second-order valence-corrected chi connectivity index (χ2v) is 5.95. The highest BCUT2D eigenvalue weighted by Gasteiger charge is 2.22. The third-order valence-corrected chi connectivity index (χ3v) is 4.34. The molecule has 1 atom stereocenters. The van der Waals surface area contributed by atoms with Gasteiger partial charge in [0.05, 0.1) is 6.61 Å². The van der Waals surface area contributed by atoms with E-state index in [4.69, 9.17) is 4.74 Å². The van der Waals surface area contributed by atoms with Gasteiger partial charge in [0.2, 0.25) is 5.91 Å². The summed E-state index contributed by atoms with van der Waals surface area (Å²) in [4.78, 5) is 14.3. The number of ether oxygens (including phenoxy) is 1. The molecule has 1 aromatic carbocycles. The molecule has 1 saturated heterocycles. The van der Waals surface area contributed by atoms with Crippen molar-refractivity contribution in [3.05, 3.63) is 29.8 Å². The number of hydrogen-bond acceptors (Lipinski definition) is 3. The van der Waals surface area contributed by atoms with E-state index in [1.54, 1.807) is 0 Å². The molecule has 2 rings (SSSR count). The molecule has 1 N–H and O–H groups in total. The number of hydrogen-bond donors (Lipinski definition) is 1. The SMILES string of the molecule is CCN1CCCC1CNC(=O)CCCOc1ccccc1C. The van der Waals surface area contributed by atoms with Gasteiger partial charge >= 0.3 is 0 Å². The van der Waals surface area contributed by atoms with Crippen LogP contribution in [0.15, 0.2) is 24.3 Å². The third kappa shape index (κ3) is 5.02. The lowest BCUT2D eigenvalue weighted by Gasteiger charge is -2.22. The number of aryl methyl sites for hydroxylation is 1. The first-order chi connectivity index (χ1) is 10.7. The van der Waals surface area contributed by atoms with Crippen LogP contribution >= 0.6 is 0 Å². The van der Waals surface area contributed by atoms with Crippen molar-refractivity contribution in [3.63, 3.8) is 0 Å². The van der Waals surface area contributed by atoms with E-state index in [1.165, 1.54) is 19.4 Å². The van der Waals surface area contributed by atoms with Crippen molar-refractivity contribution >= 4 is 5.91 Å². The van der Waals surface area contributed by atoms with Crippen LogP contribution in [0.5, 0.6) is 5.75 Å². The first kappa shape index (κ1) is 16.8. The van der Waals surface area contributed by atoms with Gasteiger partial charge in [-0.3, -0.25) is 9.69 Å². The van der Waals surface area contributed by atoms with Crippen LogP contribution in [0, 0.1) is 6.92 Å². The monoisotopic (exact) mass is 304 g/mol. The van der Waals surface area contributed by atoms with Gasteiger partial charge in [-0.1, -0.05) is 25.1 Å². The Balaban J connectivity index is 1.59. The fraction of sp³-hybridized carbons (Fsp3) is 0.611. The molecular weight excluding hydrogens is 276 g/mol. The number of nitrogens with one attached hydrogen (secondary N) is 1. The zero-order valence-corrected chi connectivity index (χ0v) is 13.8. The molecule has 1 aliphatic rings. The van der Waals surface area contributed by atoms with Crippen LogP contribution in [0.1, 0.15) is 38.2 Å². The van der Waals surface area contributed by atoms with Crippen LogP contribution in [0.2, 0.25) is 0 Å². The topological polar surface area (TPSA) is 41.6 Å². The molecule has 4 nitrogen and oxygen atoms in total. The van der Waals surface area contributed by atoms with Crippen LogP contribution in [0.4, 0.5) is 0 Å². The minimum atomic E-state index is 0.135. The molecule has 1 aromatic rings. The van der Waals surface area contributed by atoms with Gasteiger partial charge in [0.15, 0.2) is 0 Å². The van der Waals surface area contributed by atoms with Gasteiger partial charge in [0, 0.05) is 19.0 Å². The first-order valence-electron chi connectivity index (χ1n) is 8.40. The summed E-state index contributed by atoms with van der Waals surface area (Å²) >= 11 is 0. The predicted octanol–water partition coefficient (Wildman–Crippen LogP) is 2.75. The van der Waals surface area contributed by atoms with Gasteiger partial charge in [0.1, 0.15) is 5.75 Å². The summed E-state index contributed by atoms with van der Waals surface area (Å²) in [7, 11) is 0. The van der Waals surface area contributed by atoms with E-state index in [0.717, 1.165) is 30.8 Å². The smallest absolute Gasteiger partial charge is 0.220 e. The van der Waals surface area contributed by atoms with Crippen LogP contribution in [0.3, 0.4) is 0 Å². The van der Waals surface area contributed by atoms with E-state index in [9.17, 15) is 4.79 Å². The Labute approximate surface area is 133 Å². The Morgan fingerprint density at radius 1 is 1.41 bits per heavy atom. The van der Waals surface area contributed by atoms with E-state index in [1.807, 2.05) is 31.2 Å². The zero-order valence-electron chi connectivity index (χ0n) is 13.8. The van der Waals surface area contributed by atoms with Crippen molar-refractivity contribution in [1.29, 1.82) is 0 Å². The summed E-state index contributed by atoms with van der Waals surface area (Å²) < 4.78 is 5.71. The fourth-order valence-electron chi connectivity index (χ4n) is 3.00. The Morgan fingerprint density at radius 2 is 2.23 bits per heavy atom. The Bertz CT molecular complexity index is 476. The Morgan fingerprint density at radius 3 is 3.00 bits per heavy atom. The van der Waals surface area contributed by atoms with Crippen molar-refractivity contribution < 1.29 is 9.53 Å². The lowest BCUT2D eigenvalue weighted by Crippen LogP contribution is -2.40. The van der Waals surface area contributed by atoms with E-state index in [0.29, 0.717) is 19.1 Å². The number of carbonyl (C=O) groups is 1. The molecule has 0 aromatic heterocycles. The molecule has 1 fully saturated rings. The molecule has 1 unspecified atom stereocenters. The molecule has 0 bridgehead atoms. The van der Waals surface area contributed by atoms with Gasteiger partial charge in [-0.2, -0.15) is 0 Å². The molecule has 1 amide bonds. The fourth-order valence-corrected chi connectivity index (χ4v) is 3.00. The summed E-state index contributed by atoms with van der Waals surface area (Å²) in [6.45, 7) is 7.83. The molecule has 122 valence electrons. The number of para-hydroxylation sites is 1. The van der Waals surface area contributed by atoms with Crippen LogP contribution in [0.25, 0.3) is 0 Å². The van der Waals surface area contributed by atoms with E-state index >= 15 is 0 Å². The van der Waals surface area contributed by atoms with Crippen molar-refractivity contribution in [1.82, 2.24) is 10.2 Å². The average molecular weight is 304 g/mol. The van der Waals surface area contributed by atoms with Gasteiger partial charge in [-0.25, -0.2) is 0 Å². The zero-order chi connectivity index (χ0) is 15.8. The van der Waals surface area contributed by atoms with E-state index in [-0.39, 0.29) is 5.91 Å². The van der Waals surface area contributed by atoms with Gasteiger partial charge in [-0.05, 0) is 50.9 Å². The Hall–Kier alpha value is -1.55. The maximum atomic E-state index is 11.9. The minimum absolute atomic E-state index is 0.135. The second-order valence-electron chi connectivity index (χ2n) is 5.95. The minimum Gasteiger partial charge on any atom is -0.493 e. The number of likely N-dealkylation sites (tertiary alicyclic amines) is 1. The lowest BCUT2D eigenvalue weighted by atomic mass is 10.2. The molecule has 0 radical (unpaired) electrons. The quantitative estimate of drug-likeness (QED) is 0.751.